The van der Waals surface area contributed by atoms with Gasteiger partial charge in [-0.2, -0.15) is 0 Å². The molecule has 1 N–H and O–H groups in total. The lowest BCUT2D eigenvalue weighted by Gasteiger charge is -2.21. The molecule has 1 aromatic carbocycles. The van der Waals surface area contributed by atoms with E-state index in [0.29, 0.717) is 13.0 Å². The molecule has 102 valence electrons. The third-order valence-corrected chi connectivity index (χ3v) is 3.25. The molecule has 2 rings (SSSR count). The normalized spacial score (nSPS) is 18.5. The highest BCUT2D eigenvalue weighted by atomic mass is 16.5. The molecule has 1 heterocycles. The van der Waals surface area contributed by atoms with Crippen LogP contribution < -0.4 is 10.2 Å². The van der Waals surface area contributed by atoms with Crippen molar-refractivity contribution in [1.29, 1.82) is 0 Å². The third-order valence-electron chi connectivity index (χ3n) is 3.25. The van der Waals surface area contributed by atoms with E-state index in [9.17, 15) is 9.59 Å². The first-order valence-electron chi connectivity index (χ1n) is 6.42. The number of nitrogens with zero attached hydrogens (tertiary/aromatic N) is 1. The molecule has 1 aliphatic rings. The summed E-state index contributed by atoms with van der Waals surface area (Å²) >= 11 is 0. The van der Waals surface area contributed by atoms with Crippen molar-refractivity contribution in [3.63, 3.8) is 0 Å². The Morgan fingerprint density at radius 3 is 2.95 bits per heavy atom. The van der Waals surface area contributed by atoms with Gasteiger partial charge < -0.3 is 15.0 Å². The second kappa shape index (κ2) is 5.73. The summed E-state index contributed by atoms with van der Waals surface area (Å²) in [6.45, 7) is 2.03. The van der Waals surface area contributed by atoms with E-state index in [-0.39, 0.29) is 5.91 Å². The molecular weight excluding hydrogens is 244 g/mol. The second-order valence-electron chi connectivity index (χ2n) is 4.48. The number of nitrogens with one attached hydrogen (secondary N) is 1. The van der Waals surface area contributed by atoms with Gasteiger partial charge in [0, 0.05) is 12.7 Å². The van der Waals surface area contributed by atoms with Gasteiger partial charge in [-0.05, 0) is 31.4 Å². The highest BCUT2D eigenvalue weighted by molar-refractivity contribution is 5.99. The maximum absolute atomic E-state index is 12.3. The molecule has 0 aliphatic carbocycles. The number of alkyl carbamates (subject to hydrolysis) is 1. The number of likely N-dealkylation sites (N-methyl/N-ethyl adjacent to an activating group) is 1. The SMILES string of the molecule is CCOC(=O)N[C@@H]1CCc2ccccc2N(C)C1=O. The highest BCUT2D eigenvalue weighted by Gasteiger charge is 2.29. The molecule has 1 aromatic rings. The Morgan fingerprint density at radius 1 is 1.47 bits per heavy atom. The van der Waals surface area contributed by atoms with Gasteiger partial charge in [0.2, 0.25) is 5.91 Å². The zero-order valence-corrected chi connectivity index (χ0v) is 11.2. The van der Waals surface area contributed by atoms with Crippen LogP contribution in [0.3, 0.4) is 0 Å². The second-order valence-corrected chi connectivity index (χ2v) is 4.48. The number of ether oxygens (including phenoxy) is 1. The van der Waals surface area contributed by atoms with Crippen LogP contribution in [0.15, 0.2) is 24.3 Å². The molecule has 0 saturated heterocycles. The zero-order valence-electron chi connectivity index (χ0n) is 11.2. The largest absolute Gasteiger partial charge is 0.450 e. The molecule has 0 aromatic heterocycles. The Kier molecular flexibility index (Phi) is 4.04. The quantitative estimate of drug-likeness (QED) is 0.882. The monoisotopic (exact) mass is 262 g/mol. The number of rotatable bonds is 2. The lowest BCUT2D eigenvalue weighted by atomic mass is 10.1. The molecule has 19 heavy (non-hydrogen) atoms. The summed E-state index contributed by atoms with van der Waals surface area (Å²) < 4.78 is 4.83. The molecule has 0 spiro atoms. The van der Waals surface area contributed by atoms with Gasteiger partial charge in [-0.1, -0.05) is 18.2 Å². The van der Waals surface area contributed by atoms with Gasteiger partial charge in [-0.3, -0.25) is 4.79 Å². The average Bonchev–Trinajstić information content (AvgIpc) is 2.52. The molecular formula is C14H18N2O3. The number of hydrogen-bond donors (Lipinski definition) is 1. The van der Waals surface area contributed by atoms with Crippen molar-refractivity contribution in [3.05, 3.63) is 29.8 Å². The van der Waals surface area contributed by atoms with Crippen molar-refractivity contribution in [1.82, 2.24) is 5.32 Å². The first-order valence-corrected chi connectivity index (χ1v) is 6.42. The number of benzene rings is 1. The first-order chi connectivity index (χ1) is 9.13. The Hall–Kier alpha value is -2.04. The maximum Gasteiger partial charge on any atom is 0.407 e. The van der Waals surface area contributed by atoms with Gasteiger partial charge in [-0.15, -0.1) is 0 Å². The Bertz CT molecular complexity index is 487. The van der Waals surface area contributed by atoms with Gasteiger partial charge in [0.1, 0.15) is 6.04 Å². The molecule has 5 nitrogen and oxygen atoms in total. The summed E-state index contributed by atoms with van der Waals surface area (Å²) in [4.78, 5) is 25.3. The molecule has 0 unspecified atom stereocenters. The van der Waals surface area contributed by atoms with Crippen LogP contribution in [0.4, 0.5) is 10.5 Å². The fourth-order valence-corrected chi connectivity index (χ4v) is 2.27. The van der Waals surface area contributed by atoms with E-state index in [1.807, 2.05) is 24.3 Å². The fraction of sp³-hybridized carbons (Fsp3) is 0.429. The summed E-state index contributed by atoms with van der Waals surface area (Å²) in [6.07, 6.45) is 0.794. The van der Waals surface area contributed by atoms with Crippen LogP contribution in [0.1, 0.15) is 18.9 Å². The number of amides is 2. The standard InChI is InChI=1S/C14H18N2O3/c1-3-19-14(18)15-11-9-8-10-6-4-5-7-12(10)16(2)13(11)17/h4-7,11H,3,8-9H2,1-2H3,(H,15,18)/t11-/m1/s1. The van der Waals surface area contributed by atoms with Crippen molar-refractivity contribution < 1.29 is 14.3 Å². The Balaban J connectivity index is 2.15. The van der Waals surface area contributed by atoms with Crippen molar-refractivity contribution in [2.24, 2.45) is 0 Å². The Labute approximate surface area is 112 Å². The minimum Gasteiger partial charge on any atom is -0.450 e. The highest BCUT2D eigenvalue weighted by Crippen LogP contribution is 2.25. The fourth-order valence-electron chi connectivity index (χ4n) is 2.27. The number of carbonyl (C=O) groups excluding carboxylic acids is 2. The van der Waals surface area contributed by atoms with E-state index in [0.717, 1.165) is 17.7 Å². The molecule has 0 bridgehead atoms. The smallest absolute Gasteiger partial charge is 0.407 e. The number of hydrogen-bond acceptors (Lipinski definition) is 3. The topological polar surface area (TPSA) is 58.6 Å². The molecule has 5 heteroatoms. The predicted octanol–water partition coefficient (Wildman–Crippen LogP) is 1.71. The van der Waals surface area contributed by atoms with E-state index >= 15 is 0 Å². The van der Waals surface area contributed by atoms with E-state index in [2.05, 4.69) is 5.32 Å². The van der Waals surface area contributed by atoms with Gasteiger partial charge in [0.15, 0.2) is 0 Å². The predicted molar refractivity (Wildman–Crippen MR) is 72.1 cm³/mol. The van der Waals surface area contributed by atoms with Crippen LogP contribution in [0.25, 0.3) is 0 Å². The van der Waals surface area contributed by atoms with E-state index in [1.165, 1.54) is 0 Å². The van der Waals surface area contributed by atoms with Crippen LogP contribution in [-0.2, 0) is 16.0 Å². The first kappa shape index (κ1) is 13.4. The van der Waals surface area contributed by atoms with E-state index in [4.69, 9.17) is 4.74 Å². The lowest BCUT2D eigenvalue weighted by Crippen LogP contribution is -2.46. The maximum atomic E-state index is 12.3. The van der Waals surface area contributed by atoms with Gasteiger partial charge >= 0.3 is 6.09 Å². The molecule has 1 aliphatic heterocycles. The summed E-state index contributed by atoms with van der Waals surface area (Å²) in [5.41, 5.74) is 2.02. The van der Waals surface area contributed by atoms with E-state index < -0.39 is 12.1 Å². The summed E-state index contributed by atoms with van der Waals surface area (Å²) in [7, 11) is 1.73. The van der Waals surface area contributed by atoms with Crippen LogP contribution in [0.2, 0.25) is 0 Å². The lowest BCUT2D eigenvalue weighted by molar-refractivity contribution is -0.120. The summed E-state index contributed by atoms with van der Waals surface area (Å²) in [6, 6.07) is 7.25. The number of fused-ring (bicyclic) bond motifs is 1. The van der Waals surface area contributed by atoms with Crippen molar-refractivity contribution in [2.75, 3.05) is 18.6 Å². The summed E-state index contributed by atoms with van der Waals surface area (Å²) in [5.74, 6) is -0.113. The van der Waals surface area contributed by atoms with Gasteiger partial charge in [0.25, 0.3) is 0 Å². The van der Waals surface area contributed by atoms with Crippen molar-refractivity contribution >= 4 is 17.7 Å². The van der Waals surface area contributed by atoms with E-state index in [1.54, 1.807) is 18.9 Å². The molecule has 2 amide bonds. The van der Waals surface area contributed by atoms with Crippen molar-refractivity contribution in [3.8, 4) is 0 Å². The van der Waals surface area contributed by atoms with Crippen molar-refractivity contribution in [2.45, 2.75) is 25.8 Å². The van der Waals surface area contributed by atoms with Gasteiger partial charge in [-0.25, -0.2) is 4.79 Å². The molecule has 0 radical (unpaired) electrons. The summed E-state index contributed by atoms with van der Waals surface area (Å²) in [5, 5.41) is 2.62. The number of anilines is 1. The van der Waals surface area contributed by atoms with Gasteiger partial charge in [0.05, 0.1) is 6.61 Å². The molecule has 1 atom stereocenters. The van der Waals surface area contributed by atoms with Crippen LogP contribution in [0, 0.1) is 0 Å². The minimum atomic E-state index is -0.541. The number of aryl methyl sites for hydroxylation is 1. The molecule has 0 saturated carbocycles. The van der Waals surface area contributed by atoms with Crippen LogP contribution in [0.5, 0.6) is 0 Å². The van der Waals surface area contributed by atoms with Crippen LogP contribution in [-0.4, -0.2) is 31.7 Å². The minimum absolute atomic E-state index is 0.113. The number of para-hydroxylation sites is 1. The third kappa shape index (κ3) is 2.86. The average molecular weight is 262 g/mol. The van der Waals surface area contributed by atoms with Crippen LogP contribution >= 0.6 is 0 Å². The number of carbonyl (C=O) groups is 2. The Morgan fingerprint density at radius 2 is 2.21 bits per heavy atom. The zero-order chi connectivity index (χ0) is 13.8. The molecule has 0 fully saturated rings.